The van der Waals surface area contributed by atoms with Gasteiger partial charge in [-0.15, -0.1) is 0 Å². The summed E-state index contributed by atoms with van der Waals surface area (Å²) in [6.45, 7) is 1.15. The minimum atomic E-state index is 0.609. The van der Waals surface area contributed by atoms with Crippen LogP contribution in [0.3, 0.4) is 0 Å². The average molecular weight is 211 g/mol. The minimum Gasteiger partial charge on any atom is -0.314 e. The van der Waals surface area contributed by atoms with Crippen molar-refractivity contribution in [3.8, 4) is 0 Å². The number of pyridine rings is 1. The topological polar surface area (TPSA) is 24.9 Å². The zero-order valence-corrected chi connectivity index (χ0v) is 8.93. The fourth-order valence-electron chi connectivity index (χ4n) is 1.88. The Balaban J connectivity index is 1.92. The first-order chi connectivity index (χ1) is 6.84. The average Bonchev–Trinajstić information content (AvgIpc) is 2.23. The molecular formula is C11H15ClN2. The van der Waals surface area contributed by atoms with E-state index in [0.717, 1.165) is 18.7 Å². The standard InChI is InChI=1S/C11H15ClN2/c12-9-4-5-11(14-8-9)7-10-3-1-2-6-13-10/h4-5,8,10,13H,1-3,6-7H2. The van der Waals surface area contributed by atoms with Gasteiger partial charge in [-0.2, -0.15) is 0 Å². The Bertz CT molecular complexity index is 278. The lowest BCUT2D eigenvalue weighted by molar-refractivity contribution is 0.397. The van der Waals surface area contributed by atoms with Crippen molar-refractivity contribution < 1.29 is 0 Å². The molecule has 0 aromatic carbocycles. The zero-order chi connectivity index (χ0) is 9.80. The number of nitrogens with zero attached hydrogens (tertiary/aromatic N) is 1. The molecule has 0 amide bonds. The summed E-state index contributed by atoms with van der Waals surface area (Å²) in [4.78, 5) is 4.30. The van der Waals surface area contributed by atoms with Crippen LogP contribution < -0.4 is 5.32 Å². The van der Waals surface area contributed by atoms with Crippen LogP contribution >= 0.6 is 11.6 Å². The summed E-state index contributed by atoms with van der Waals surface area (Å²) in [5.74, 6) is 0. The normalized spacial score (nSPS) is 22.2. The van der Waals surface area contributed by atoms with Crippen molar-refractivity contribution in [1.82, 2.24) is 10.3 Å². The van der Waals surface area contributed by atoms with Gasteiger partial charge in [-0.25, -0.2) is 0 Å². The van der Waals surface area contributed by atoms with Crippen LogP contribution in [0.4, 0.5) is 0 Å². The Morgan fingerprint density at radius 3 is 3.00 bits per heavy atom. The Hall–Kier alpha value is -0.600. The maximum Gasteiger partial charge on any atom is 0.0589 e. The molecule has 0 spiro atoms. The van der Waals surface area contributed by atoms with E-state index in [2.05, 4.69) is 10.3 Å². The van der Waals surface area contributed by atoms with Gasteiger partial charge in [0.25, 0.3) is 0 Å². The molecule has 1 unspecified atom stereocenters. The molecule has 1 aliphatic rings. The first kappa shape index (κ1) is 9.94. The molecule has 1 aromatic rings. The maximum absolute atomic E-state index is 5.78. The van der Waals surface area contributed by atoms with E-state index in [1.54, 1.807) is 6.20 Å². The summed E-state index contributed by atoms with van der Waals surface area (Å²) in [5, 5.41) is 4.22. The largest absolute Gasteiger partial charge is 0.314 e. The van der Waals surface area contributed by atoms with E-state index in [1.165, 1.54) is 19.3 Å². The van der Waals surface area contributed by atoms with Crippen molar-refractivity contribution in [2.24, 2.45) is 0 Å². The zero-order valence-electron chi connectivity index (χ0n) is 8.17. The van der Waals surface area contributed by atoms with E-state index < -0.39 is 0 Å². The van der Waals surface area contributed by atoms with Crippen molar-refractivity contribution in [2.45, 2.75) is 31.7 Å². The Morgan fingerprint density at radius 2 is 2.36 bits per heavy atom. The first-order valence-electron chi connectivity index (χ1n) is 5.18. The molecule has 0 aliphatic carbocycles. The smallest absolute Gasteiger partial charge is 0.0589 e. The van der Waals surface area contributed by atoms with Crippen molar-refractivity contribution in [2.75, 3.05) is 6.54 Å². The second-order valence-electron chi connectivity index (χ2n) is 3.82. The number of piperidine rings is 1. The van der Waals surface area contributed by atoms with E-state index in [0.29, 0.717) is 11.1 Å². The Morgan fingerprint density at radius 1 is 1.43 bits per heavy atom. The lowest BCUT2D eigenvalue weighted by Gasteiger charge is -2.22. The molecule has 1 saturated heterocycles. The van der Waals surface area contributed by atoms with Gasteiger partial charge in [0, 0.05) is 24.4 Å². The first-order valence-corrected chi connectivity index (χ1v) is 5.56. The van der Waals surface area contributed by atoms with E-state index in [4.69, 9.17) is 11.6 Å². The number of halogens is 1. The van der Waals surface area contributed by atoms with Crippen molar-refractivity contribution in [1.29, 1.82) is 0 Å². The van der Waals surface area contributed by atoms with Crippen molar-refractivity contribution in [3.05, 3.63) is 29.0 Å². The molecule has 3 heteroatoms. The van der Waals surface area contributed by atoms with Crippen LogP contribution in [0, 0.1) is 0 Å². The second-order valence-corrected chi connectivity index (χ2v) is 4.26. The van der Waals surface area contributed by atoms with Gasteiger partial charge in [0.15, 0.2) is 0 Å². The molecule has 2 nitrogen and oxygen atoms in total. The third-order valence-electron chi connectivity index (χ3n) is 2.66. The van der Waals surface area contributed by atoms with Gasteiger partial charge in [-0.1, -0.05) is 18.0 Å². The van der Waals surface area contributed by atoms with Crippen LogP contribution in [0.2, 0.25) is 5.02 Å². The van der Waals surface area contributed by atoms with E-state index >= 15 is 0 Å². The van der Waals surface area contributed by atoms with Gasteiger partial charge in [0.2, 0.25) is 0 Å². The molecule has 0 radical (unpaired) electrons. The molecular weight excluding hydrogens is 196 g/mol. The van der Waals surface area contributed by atoms with Crippen LogP contribution in [-0.4, -0.2) is 17.6 Å². The maximum atomic E-state index is 5.78. The summed E-state index contributed by atoms with van der Waals surface area (Å²) >= 11 is 5.78. The second kappa shape index (κ2) is 4.76. The quantitative estimate of drug-likeness (QED) is 0.811. The van der Waals surface area contributed by atoms with Crippen LogP contribution in [0.25, 0.3) is 0 Å². The van der Waals surface area contributed by atoms with Crippen LogP contribution in [-0.2, 0) is 6.42 Å². The molecule has 1 aromatic heterocycles. The van der Waals surface area contributed by atoms with Gasteiger partial charge >= 0.3 is 0 Å². The molecule has 1 aliphatic heterocycles. The number of nitrogens with one attached hydrogen (secondary N) is 1. The van der Waals surface area contributed by atoms with Crippen LogP contribution in [0.15, 0.2) is 18.3 Å². The lowest BCUT2D eigenvalue weighted by atomic mass is 10.0. The molecule has 0 saturated carbocycles. The van der Waals surface area contributed by atoms with Gasteiger partial charge in [-0.05, 0) is 31.5 Å². The minimum absolute atomic E-state index is 0.609. The van der Waals surface area contributed by atoms with Crippen molar-refractivity contribution in [3.63, 3.8) is 0 Å². The summed E-state index contributed by atoms with van der Waals surface area (Å²) in [6, 6.07) is 4.53. The van der Waals surface area contributed by atoms with E-state index in [-0.39, 0.29) is 0 Å². The molecule has 1 N–H and O–H groups in total. The lowest BCUT2D eigenvalue weighted by Crippen LogP contribution is -2.35. The van der Waals surface area contributed by atoms with Crippen LogP contribution in [0.5, 0.6) is 0 Å². The Labute approximate surface area is 89.7 Å². The third kappa shape index (κ3) is 2.69. The van der Waals surface area contributed by atoms with E-state index in [9.17, 15) is 0 Å². The van der Waals surface area contributed by atoms with Gasteiger partial charge in [0.1, 0.15) is 0 Å². The molecule has 14 heavy (non-hydrogen) atoms. The fraction of sp³-hybridized carbons (Fsp3) is 0.545. The number of hydrogen-bond acceptors (Lipinski definition) is 2. The third-order valence-corrected chi connectivity index (χ3v) is 2.88. The number of hydrogen-bond donors (Lipinski definition) is 1. The SMILES string of the molecule is Clc1ccc(CC2CCCCN2)nc1. The fourth-order valence-corrected chi connectivity index (χ4v) is 1.99. The van der Waals surface area contributed by atoms with Gasteiger partial charge < -0.3 is 5.32 Å². The van der Waals surface area contributed by atoms with Crippen LogP contribution in [0.1, 0.15) is 25.0 Å². The highest BCUT2D eigenvalue weighted by Gasteiger charge is 2.13. The number of aromatic nitrogens is 1. The monoisotopic (exact) mass is 210 g/mol. The molecule has 76 valence electrons. The highest BCUT2D eigenvalue weighted by atomic mass is 35.5. The summed E-state index contributed by atoms with van der Waals surface area (Å²) in [7, 11) is 0. The highest BCUT2D eigenvalue weighted by Crippen LogP contribution is 2.13. The highest BCUT2D eigenvalue weighted by molar-refractivity contribution is 6.30. The van der Waals surface area contributed by atoms with E-state index in [1.807, 2.05) is 12.1 Å². The molecule has 1 atom stereocenters. The molecule has 1 fully saturated rings. The molecule has 2 rings (SSSR count). The van der Waals surface area contributed by atoms with Gasteiger partial charge in [0.05, 0.1) is 5.02 Å². The molecule has 0 bridgehead atoms. The predicted molar refractivity (Wildman–Crippen MR) is 58.6 cm³/mol. The van der Waals surface area contributed by atoms with Crippen molar-refractivity contribution >= 4 is 11.6 Å². The number of rotatable bonds is 2. The summed E-state index contributed by atoms with van der Waals surface area (Å²) < 4.78 is 0. The van der Waals surface area contributed by atoms with Gasteiger partial charge in [-0.3, -0.25) is 4.98 Å². The molecule has 2 heterocycles. The predicted octanol–water partition coefficient (Wildman–Crippen LogP) is 2.42. The summed E-state index contributed by atoms with van der Waals surface area (Å²) in [5.41, 5.74) is 1.13. The Kier molecular flexibility index (Phi) is 3.38. The summed E-state index contributed by atoms with van der Waals surface area (Å²) in [6.07, 6.45) is 6.66.